The fourth-order valence-electron chi connectivity index (χ4n) is 6.16. The van der Waals surface area contributed by atoms with Gasteiger partial charge in [0.05, 0.1) is 22.5 Å². The molecule has 5 rings (SSSR count). The van der Waals surface area contributed by atoms with Crippen LogP contribution in [0, 0.1) is 5.41 Å². The van der Waals surface area contributed by atoms with Crippen LogP contribution in [-0.2, 0) is 36.5 Å². The molecule has 0 unspecified atom stereocenters. The number of amides is 2. The van der Waals surface area contributed by atoms with Gasteiger partial charge in [0.2, 0.25) is 11.8 Å². The molecule has 0 bridgehead atoms. The summed E-state index contributed by atoms with van der Waals surface area (Å²) in [6.07, 6.45) is 6.17. The first-order chi connectivity index (χ1) is 18.8. The molecule has 1 aromatic heterocycles. The van der Waals surface area contributed by atoms with Gasteiger partial charge < -0.3 is 15.0 Å². The molecule has 1 spiro atoms. The number of rotatable bonds is 3. The topological polar surface area (TPSA) is 85.6 Å². The van der Waals surface area contributed by atoms with Crippen LogP contribution >= 0.6 is 0 Å². The summed E-state index contributed by atoms with van der Waals surface area (Å²) in [5.74, 6) is 1.13. The second-order valence-electron chi connectivity index (χ2n) is 11.4. The fourth-order valence-corrected chi connectivity index (χ4v) is 6.16. The van der Waals surface area contributed by atoms with Gasteiger partial charge in [0, 0.05) is 33.6 Å². The van der Waals surface area contributed by atoms with Crippen LogP contribution in [-0.4, -0.2) is 51.6 Å². The third-order valence-electron chi connectivity index (χ3n) is 8.71. The van der Waals surface area contributed by atoms with Gasteiger partial charge in [-0.3, -0.25) is 18.7 Å². The molecule has 1 N–H and O–H groups in total. The SMILES string of the molecule is C[C@@H]1COc2ccccc2CCCCC2(CCN(C(=O)CCc3ccc4c(c3)n(C)c(=O)n4C)CC2)C(=O)N1. The molecule has 1 atom stereocenters. The molecule has 3 aromatic rings. The monoisotopic (exact) mass is 532 g/mol. The largest absolute Gasteiger partial charge is 0.491 e. The van der Waals surface area contributed by atoms with Crippen LogP contribution in [0.2, 0.25) is 0 Å². The minimum atomic E-state index is -0.438. The van der Waals surface area contributed by atoms with Gasteiger partial charge >= 0.3 is 5.69 Å². The van der Waals surface area contributed by atoms with Crippen LogP contribution in [0.4, 0.5) is 0 Å². The Morgan fingerprint density at radius 3 is 2.54 bits per heavy atom. The molecule has 0 saturated carbocycles. The van der Waals surface area contributed by atoms with Crippen molar-refractivity contribution in [3.8, 4) is 5.75 Å². The van der Waals surface area contributed by atoms with E-state index in [-0.39, 0.29) is 23.5 Å². The van der Waals surface area contributed by atoms with Gasteiger partial charge in [0.15, 0.2) is 0 Å². The molecular weight excluding hydrogens is 492 g/mol. The van der Waals surface area contributed by atoms with E-state index >= 15 is 0 Å². The summed E-state index contributed by atoms with van der Waals surface area (Å²) < 4.78 is 9.34. The van der Waals surface area contributed by atoms with Crippen LogP contribution in [0.25, 0.3) is 11.0 Å². The average Bonchev–Trinajstić information content (AvgIpc) is 3.16. The molecule has 8 heteroatoms. The Morgan fingerprint density at radius 1 is 1.00 bits per heavy atom. The number of carbonyl (C=O) groups excluding carboxylic acids is 2. The standard InChI is InChI=1S/C31H40N4O4/c1-22-21-39-27-10-5-4-8-24(27)9-6-7-15-31(29(37)32-22)16-18-35(19-17-31)28(36)14-12-23-11-13-25-26(20-23)34(3)30(38)33(25)2/h4-5,8,10-11,13,20,22H,6-7,9,12,14-19,21H2,1-3H3,(H,32,37)/t22-/m1/s1. The quantitative estimate of drug-likeness (QED) is 0.557. The number of fused-ring (bicyclic) bond motifs is 2. The lowest BCUT2D eigenvalue weighted by molar-refractivity contribution is -0.141. The normalized spacial score (nSPS) is 20.0. The number of piperidine rings is 1. The Bertz CT molecular complexity index is 1410. The molecule has 0 aliphatic carbocycles. The molecule has 3 heterocycles. The minimum Gasteiger partial charge on any atom is -0.491 e. The fraction of sp³-hybridized carbons (Fsp3) is 0.516. The number of imidazole rings is 1. The highest BCUT2D eigenvalue weighted by atomic mass is 16.5. The van der Waals surface area contributed by atoms with E-state index in [1.54, 1.807) is 23.2 Å². The van der Waals surface area contributed by atoms with Gasteiger partial charge in [-0.25, -0.2) is 4.79 Å². The minimum absolute atomic E-state index is 0.0528. The summed E-state index contributed by atoms with van der Waals surface area (Å²) in [6.45, 7) is 3.63. The van der Waals surface area contributed by atoms with Gasteiger partial charge in [-0.1, -0.05) is 30.7 Å². The summed E-state index contributed by atoms with van der Waals surface area (Å²) in [7, 11) is 3.54. The average molecular weight is 533 g/mol. The number of aromatic nitrogens is 2. The van der Waals surface area contributed by atoms with Gasteiger partial charge in [-0.05, 0) is 74.8 Å². The first kappa shape index (κ1) is 27.0. The Labute approximate surface area is 229 Å². The lowest BCUT2D eigenvalue weighted by Gasteiger charge is -2.41. The zero-order chi connectivity index (χ0) is 27.6. The molecule has 2 aromatic carbocycles. The van der Waals surface area contributed by atoms with E-state index < -0.39 is 5.41 Å². The summed E-state index contributed by atoms with van der Waals surface area (Å²) >= 11 is 0. The maximum absolute atomic E-state index is 13.5. The Hall–Kier alpha value is -3.55. The van der Waals surface area contributed by atoms with Gasteiger partial charge in [-0.15, -0.1) is 0 Å². The molecule has 1 fully saturated rings. The molecule has 2 amide bonds. The highest BCUT2D eigenvalue weighted by Gasteiger charge is 2.42. The second kappa shape index (κ2) is 11.3. The van der Waals surface area contributed by atoms with Crippen molar-refractivity contribution in [1.82, 2.24) is 19.4 Å². The van der Waals surface area contributed by atoms with Crippen molar-refractivity contribution >= 4 is 22.8 Å². The Balaban J connectivity index is 1.20. The number of hydrogen-bond donors (Lipinski definition) is 1. The van der Waals surface area contributed by atoms with Crippen molar-refractivity contribution in [2.45, 2.75) is 64.3 Å². The third-order valence-corrected chi connectivity index (χ3v) is 8.71. The smallest absolute Gasteiger partial charge is 0.328 e. The molecule has 0 radical (unpaired) electrons. The van der Waals surface area contributed by atoms with E-state index in [9.17, 15) is 14.4 Å². The van der Waals surface area contributed by atoms with E-state index in [1.807, 2.05) is 42.2 Å². The molecule has 2 aliphatic heterocycles. The van der Waals surface area contributed by atoms with Crippen LogP contribution in [0.15, 0.2) is 47.3 Å². The number of ether oxygens (including phenoxy) is 1. The molecule has 1 saturated heterocycles. The van der Waals surface area contributed by atoms with E-state index in [4.69, 9.17) is 4.74 Å². The number of nitrogens with one attached hydrogen (secondary N) is 1. The van der Waals surface area contributed by atoms with E-state index in [0.29, 0.717) is 45.4 Å². The maximum atomic E-state index is 13.5. The summed E-state index contributed by atoms with van der Waals surface area (Å²) in [5, 5.41) is 3.21. The van der Waals surface area contributed by atoms with E-state index in [0.717, 1.165) is 48.0 Å². The van der Waals surface area contributed by atoms with Gasteiger partial charge in [-0.2, -0.15) is 0 Å². The van der Waals surface area contributed by atoms with Crippen molar-refractivity contribution in [3.63, 3.8) is 0 Å². The Kier molecular flexibility index (Phi) is 7.82. The van der Waals surface area contributed by atoms with Crippen molar-refractivity contribution in [1.29, 1.82) is 0 Å². The van der Waals surface area contributed by atoms with Crippen molar-refractivity contribution < 1.29 is 14.3 Å². The predicted octanol–water partition coefficient (Wildman–Crippen LogP) is 3.73. The van der Waals surface area contributed by atoms with Crippen molar-refractivity contribution in [2.24, 2.45) is 19.5 Å². The maximum Gasteiger partial charge on any atom is 0.328 e. The molecule has 208 valence electrons. The van der Waals surface area contributed by atoms with Crippen LogP contribution in [0.3, 0.4) is 0 Å². The van der Waals surface area contributed by atoms with Gasteiger partial charge in [0.1, 0.15) is 12.4 Å². The molecular formula is C31H40N4O4. The highest BCUT2D eigenvalue weighted by Crippen LogP contribution is 2.38. The lowest BCUT2D eigenvalue weighted by Crippen LogP contribution is -2.52. The number of likely N-dealkylation sites (tertiary alicyclic amines) is 1. The zero-order valence-electron chi connectivity index (χ0n) is 23.4. The lowest BCUT2D eigenvalue weighted by atomic mass is 9.73. The first-order valence-corrected chi connectivity index (χ1v) is 14.2. The van der Waals surface area contributed by atoms with Crippen LogP contribution < -0.4 is 15.7 Å². The Morgan fingerprint density at radius 2 is 1.74 bits per heavy atom. The number of aryl methyl sites for hydroxylation is 4. The third kappa shape index (κ3) is 5.60. The van der Waals surface area contributed by atoms with Crippen molar-refractivity contribution in [2.75, 3.05) is 19.7 Å². The molecule has 8 nitrogen and oxygen atoms in total. The van der Waals surface area contributed by atoms with Gasteiger partial charge in [0.25, 0.3) is 0 Å². The first-order valence-electron chi connectivity index (χ1n) is 14.2. The number of para-hydroxylation sites is 1. The number of hydrogen-bond acceptors (Lipinski definition) is 4. The van der Waals surface area contributed by atoms with E-state index in [2.05, 4.69) is 17.4 Å². The predicted molar refractivity (Wildman–Crippen MR) is 152 cm³/mol. The zero-order valence-corrected chi connectivity index (χ0v) is 23.4. The summed E-state index contributed by atoms with van der Waals surface area (Å²) in [4.78, 5) is 40.8. The number of benzene rings is 2. The molecule has 39 heavy (non-hydrogen) atoms. The van der Waals surface area contributed by atoms with E-state index in [1.165, 1.54) is 5.56 Å². The number of carbonyl (C=O) groups is 2. The molecule has 2 aliphatic rings. The van der Waals surface area contributed by atoms with Crippen LogP contribution in [0.1, 0.15) is 56.6 Å². The second-order valence-corrected chi connectivity index (χ2v) is 11.4. The number of nitrogens with zero attached hydrogens (tertiary/aromatic N) is 3. The highest BCUT2D eigenvalue weighted by molar-refractivity contribution is 5.84. The summed E-state index contributed by atoms with van der Waals surface area (Å²) in [5.41, 5.74) is 3.54. The van der Waals surface area contributed by atoms with Crippen LogP contribution in [0.5, 0.6) is 5.75 Å². The summed E-state index contributed by atoms with van der Waals surface area (Å²) in [6, 6.07) is 14.0. The van der Waals surface area contributed by atoms with Crippen molar-refractivity contribution in [3.05, 3.63) is 64.1 Å².